The van der Waals surface area contributed by atoms with Crippen LogP contribution >= 0.6 is 34.8 Å². The van der Waals surface area contributed by atoms with Gasteiger partial charge in [0.25, 0.3) is 10.0 Å². The Morgan fingerprint density at radius 2 is 1.50 bits per heavy atom. The van der Waals surface area contributed by atoms with Crippen molar-refractivity contribution in [2.24, 2.45) is 5.92 Å². The number of carbonyl (C=O) groups is 2. The van der Waals surface area contributed by atoms with E-state index in [9.17, 15) is 31.2 Å². The average molecular weight is 693 g/mol. The quantitative estimate of drug-likeness (QED) is 0.228. The van der Waals surface area contributed by atoms with E-state index in [1.54, 1.807) is 13.0 Å². The molecule has 14 heteroatoms. The number of hydrogen-bond acceptors (Lipinski definition) is 4. The van der Waals surface area contributed by atoms with Gasteiger partial charge in [0.05, 0.1) is 31.2 Å². The molecule has 0 aliphatic carbocycles. The van der Waals surface area contributed by atoms with Crippen molar-refractivity contribution < 1.29 is 31.2 Å². The summed E-state index contributed by atoms with van der Waals surface area (Å²) in [5, 5.41) is 2.56. The van der Waals surface area contributed by atoms with Gasteiger partial charge in [0.1, 0.15) is 12.6 Å². The Morgan fingerprint density at radius 1 is 0.886 bits per heavy atom. The molecule has 0 bridgehead atoms. The van der Waals surface area contributed by atoms with E-state index in [0.29, 0.717) is 22.5 Å². The minimum Gasteiger partial charge on any atom is -0.354 e. The summed E-state index contributed by atoms with van der Waals surface area (Å²) in [7, 11) is -4.59. The van der Waals surface area contributed by atoms with Gasteiger partial charge in [0, 0.05) is 13.1 Å². The summed E-state index contributed by atoms with van der Waals surface area (Å²) in [6.07, 6.45) is -4.90. The molecule has 3 aromatic carbocycles. The highest BCUT2D eigenvalue weighted by atomic mass is 35.5. The topological polar surface area (TPSA) is 86.8 Å². The number of sulfonamides is 1. The summed E-state index contributed by atoms with van der Waals surface area (Å²) >= 11 is 18.0. The second-order valence-corrected chi connectivity index (χ2v) is 13.7. The smallest absolute Gasteiger partial charge is 0.354 e. The lowest BCUT2D eigenvalue weighted by atomic mass is 10.1. The fraction of sp³-hybridized carbons (Fsp3) is 0.333. The highest BCUT2D eigenvalue weighted by Crippen LogP contribution is 2.38. The molecule has 2 amide bonds. The third-order valence-electron chi connectivity index (χ3n) is 6.62. The minimum atomic E-state index is -4.90. The SMILES string of the molecule is Cc1ccc(S(=O)(=O)N(CC(=O)N(Cc2ccc(Cl)c(Cl)c2)[C@@H](C)C(=O)NCC(C)C)c2ccc(Cl)c(C(F)(F)F)c2)cc1. The van der Waals surface area contributed by atoms with Crippen LogP contribution in [0.1, 0.15) is 37.5 Å². The lowest BCUT2D eigenvalue weighted by molar-refractivity contribution is -0.139. The standard InChI is InChI=1S/C30H31Cl3F3N3O4S/c1-18(2)15-37-29(41)20(4)38(16-21-7-11-26(32)27(33)13-21)28(40)17-39(44(42,43)23-9-5-19(3)6-10-23)22-8-12-25(31)24(14-22)30(34,35)36/h5-14,18,20H,15-17H2,1-4H3,(H,37,41)/t20-/m0/s1. The van der Waals surface area contributed by atoms with Crippen LogP contribution in [0, 0.1) is 12.8 Å². The first kappa shape index (κ1) is 35.5. The van der Waals surface area contributed by atoms with E-state index >= 15 is 0 Å². The molecule has 3 rings (SSSR count). The van der Waals surface area contributed by atoms with Gasteiger partial charge in [-0.25, -0.2) is 8.42 Å². The van der Waals surface area contributed by atoms with Crippen LogP contribution in [0.5, 0.6) is 0 Å². The van der Waals surface area contributed by atoms with Crippen molar-refractivity contribution in [1.82, 2.24) is 10.2 Å². The molecule has 0 aliphatic heterocycles. The number of aryl methyl sites for hydroxylation is 1. The lowest BCUT2D eigenvalue weighted by Crippen LogP contribution is -2.51. The first-order valence-electron chi connectivity index (χ1n) is 13.4. The highest BCUT2D eigenvalue weighted by molar-refractivity contribution is 7.92. The van der Waals surface area contributed by atoms with Gasteiger partial charge in [-0.3, -0.25) is 13.9 Å². The van der Waals surface area contributed by atoms with Crippen molar-refractivity contribution in [3.05, 3.63) is 92.4 Å². The number of nitrogens with one attached hydrogen (secondary N) is 1. The Morgan fingerprint density at radius 3 is 2.07 bits per heavy atom. The van der Waals surface area contributed by atoms with E-state index in [1.807, 2.05) is 13.8 Å². The van der Waals surface area contributed by atoms with Crippen molar-refractivity contribution in [2.75, 3.05) is 17.4 Å². The maximum Gasteiger partial charge on any atom is 0.417 e. The predicted molar refractivity (Wildman–Crippen MR) is 166 cm³/mol. The molecule has 0 heterocycles. The number of amides is 2. The Bertz CT molecular complexity index is 1620. The van der Waals surface area contributed by atoms with Gasteiger partial charge in [-0.05, 0) is 67.8 Å². The first-order chi connectivity index (χ1) is 20.4. The Balaban J connectivity index is 2.12. The summed E-state index contributed by atoms with van der Waals surface area (Å²) in [5.74, 6) is -1.26. The van der Waals surface area contributed by atoms with Crippen molar-refractivity contribution in [2.45, 2.75) is 51.4 Å². The minimum absolute atomic E-state index is 0.105. The molecule has 0 radical (unpaired) electrons. The van der Waals surface area contributed by atoms with Crippen LogP contribution in [-0.2, 0) is 32.3 Å². The molecule has 1 N–H and O–H groups in total. The van der Waals surface area contributed by atoms with Gasteiger partial charge in [-0.2, -0.15) is 13.2 Å². The van der Waals surface area contributed by atoms with Crippen molar-refractivity contribution in [3.8, 4) is 0 Å². The average Bonchev–Trinajstić information content (AvgIpc) is 2.94. The monoisotopic (exact) mass is 691 g/mol. The number of hydrogen-bond donors (Lipinski definition) is 1. The molecule has 7 nitrogen and oxygen atoms in total. The molecule has 0 aliphatic rings. The maximum absolute atomic E-state index is 14.0. The van der Waals surface area contributed by atoms with Crippen molar-refractivity contribution >= 4 is 62.3 Å². The number of anilines is 1. The van der Waals surface area contributed by atoms with E-state index in [2.05, 4.69) is 5.32 Å². The molecule has 44 heavy (non-hydrogen) atoms. The number of alkyl halides is 3. The lowest BCUT2D eigenvalue weighted by Gasteiger charge is -2.32. The molecule has 0 aromatic heterocycles. The molecule has 238 valence electrons. The van der Waals surface area contributed by atoms with E-state index in [0.717, 1.165) is 22.6 Å². The zero-order valence-corrected chi connectivity index (χ0v) is 27.3. The Kier molecular flexibility index (Phi) is 11.6. The maximum atomic E-state index is 14.0. The molecule has 1 atom stereocenters. The number of nitrogens with zero attached hydrogens (tertiary/aromatic N) is 2. The Labute approximate surface area is 269 Å². The summed E-state index contributed by atoms with van der Waals surface area (Å²) in [6.45, 7) is 6.18. The second kappa shape index (κ2) is 14.4. The molecule has 0 spiro atoms. The van der Waals surface area contributed by atoms with Crippen LogP contribution in [0.2, 0.25) is 15.1 Å². The summed E-state index contributed by atoms with van der Waals surface area (Å²) in [4.78, 5) is 27.9. The third kappa shape index (κ3) is 8.80. The largest absolute Gasteiger partial charge is 0.417 e. The van der Waals surface area contributed by atoms with Gasteiger partial charge in [0.2, 0.25) is 11.8 Å². The molecular weight excluding hydrogens is 662 g/mol. The summed E-state index contributed by atoms with van der Waals surface area (Å²) in [6, 6.07) is 11.7. The fourth-order valence-electron chi connectivity index (χ4n) is 4.12. The number of benzene rings is 3. The predicted octanol–water partition coefficient (Wildman–Crippen LogP) is 7.36. The zero-order chi connectivity index (χ0) is 33.0. The van der Waals surface area contributed by atoms with Gasteiger partial charge < -0.3 is 10.2 Å². The molecule has 0 saturated carbocycles. The van der Waals surface area contributed by atoms with Crippen LogP contribution in [0.3, 0.4) is 0 Å². The van der Waals surface area contributed by atoms with Crippen LogP contribution in [0.15, 0.2) is 65.6 Å². The van der Waals surface area contributed by atoms with Gasteiger partial charge in [0.15, 0.2) is 0 Å². The molecular formula is C30H31Cl3F3N3O4S. The van der Waals surface area contributed by atoms with Crippen LogP contribution < -0.4 is 9.62 Å². The van der Waals surface area contributed by atoms with E-state index < -0.39 is 56.9 Å². The van der Waals surface area contributed by atoms with E-state index in [4.69, 9.17) is 34.8 Å². The number of rotatable bonds is 11. The molecule has 3 aromatic rings. The number of halogens is 6. The highest BCUT2D eigenvalue weighted by Gasteiger charge is 2.37. The third-order valence-corrected chi connectivity index (χ3v) is 9.48. The Hall–Kier alpha value is -2.99. The van der Waals surface area contributed by atoms with Gasteiger partial charge >= 0.3 is 6.18 Å². The summed E-state index contributed by atoms with van der Waals surface area (Å²) in [5.41, 5.74) is -0.495. The van der Waals surface area contributed by atoms with Crippen LogP contribution in [0.25, 0.3) is 0 Å². The van der Waals surface area contributed by atoms with E-state index in [-0.39, 0.29) is 27.4 Å². The molecule has 0 fully saturated rings. The molecule has 0 saturated heterocycles. The van der Waals surface area contributed by atoms with Gasteiger partial charge in [-0.15, -0.1) is 0 Å². The fourth-order valence-corrected chi connectivity index (χ4v) is 6.07. The van der Waals surface area contributed by atoms with Crippen molar-refractivity contribution in [1.29, 1.82) is 0 Å². The first-order valence-corrected chi connectivity index (χ1v) is 16.0. The number of carbonyl (C=O) groups excluding carboxylic acids is 2. The van der Waals surface area contributed by atoms with Crippen LogP contribution in [0.4, 0.5) is 18.9 Å². The zero-order valence-electron chi connectivity index (χ0n) is 24.3. The van der Waals surface area contributed by atoms with Crippen molar-refractivity contribution in [3.63, 3.8) is 0 Å². The molecule has 0 unspecified atom stereocenters. The summed E-state index contributed by atoms with van der Waals surface area (Å²) < 4.78 is 69.7. The second-order valence-electron chi connectivity index (χ2n) is 10.6. The van der Waals surface area contributed by atoms with E-state index in [1.165, 1.54) is 43.3 Å². The van der Waals surface area contributed by atoms with Crippen LogP contribution in [-0.4, -0.2) is 44.3 Å². The normalized spacial score (nSPS) is 12.6. The van der Waals surface area contributed by atoms with Gasteiger partial charge in [-0.1, -0.05) is 72.4 Å².